The number of alkyl halides is 6. The lowest BCUT2D eigenvalue weighted by Gasteiger charge is -2.42. The predicted molar refractivity (Wildman–Crippen MR) is 178 cm³/mol. The lowest BCUT2D eigenvalue weighted by atomic mass is 9.62. The third-order valence-electron chi connectivity index (χ3n) is 9.41. The van der Waals surface area contributed by atoms with Crippen LogP contribution in [0.4, 0.5) is 26.3 Å². The summed E-state index contributed by atoms with van der Waals surface area (Å²) in [7, 11) is 0. The summed E-state index contributed by atoms with van der Waals surface area (Å²) >= 11 is 0. The zero-order valence-corrected chi connectivity index (χ0v) is 28.7. The van der Waals surface area contributed by atoms with Crippen molar-refractivity contribution in [1.29, 1.82) is 0 Å². The van der Waals surface area contributed by atoms with Gasteiger partial charge in [-0.2, -0.15) is 0 Å². The van der Waals surface area contributed by atoms with Gasteiger partial charge < -0.3 is 19.9 Å². The van der Waals surface area contributed by atoms with E-state index in [1.165, 1.54) is 49.1 Å². The molecule has 0 amide bonds. The molecule has 0 unspecified atom stereocenters. The molecule has 2 heterocycles. The molecule has 2 aliphatic carbocycles. The number of para-hydroxylation sites is 2. The minimum absolute atomic E-state index is 0.130. The van der Waals surface area contributed by atoms with Crippen molar-refractivity contribution in [2.24, 2.45) is 5.73 Å². The summed E-state index contributed by atoms with van der Waals surface area (Å²) in [6.45, 7) is 1.82. The van der Waals surface area contributed by atoms with Gasteiger partial charge in [-0.25, -0.2) is 24.7 Å². The highest BCUT2D eigenvalue weighted by Crippen LogP contribution is 2.50. The fraction of sp³-hybridized carbons (Fsp3) is 0.405. The van der Waals surface area contributed by atoms with Crippen LogP contribution in [0.3, 0.4) is 0 Å². The minimum atomic E-state index is -4.75. The van der Waals surface area contributed by atoms with Gasteiger partial charge in [0.05, 0.1) is 24.3 Å². The SMILES string of the molecule is CCOC(=O)c1cnc(CC2(c3ccccc3OC(F)(F)F)CCC2)nc1.NCC(=O)c1cnc(CC2(c3ccccc3OC(F)(F)F)CCC2)nc1. The van der Waals surface area contributed by atoms with Crippen LogP contribution in [0.25, 0.3) is 0 Å². The number of nitrogens with zero attached hydrogens (tertiary/aromatic N) is 4. The first-order chi connectivity index (χ1) is 25.2. The Bertz CT molecular complexity index is 1860. The average molecular weight is 746 g/mol. The first-order valence-corrected chi connectivity index (χ1v) is 16.9. The number of carbonyl (C=O) groups excluding carboxylic acids is 2. The molecule has 0 atom stereocenters. The Kier molecular flexibility index (Phi) is 12.0. The van der Waals surface area contributed by atoms with Crippen molar-refractivity contribution in [3.8, 4) is 11.5 Å². The molecule has 0 saturated heterocycles. The zero-order chi connectivity index (χ0) is 38.3. The summed E-state index contributed by atoms with van der Waals surface area (Å²) in [5.74, 6) is -0.211. The second kappa shape index (κ2) is 16.3. The first kappa shape index (κ1) is 39.1. The topological polar surface area (TPSA) is 139 Å². The number of halogens is 6. The van der Waals surface area contributed by atoms with E-state index in [0.717, 1.165) is 25.7 Å². The number of ketones is 1. The third-order valence-corrected chi connectivity index (χ3v) is 9.41. The molecular formula is C37H37F6N5O5. The van der Waals surface area contributed by atoms with Crippen LogP contribution < -0.4 is 15.2 Å². The van der Waals surface area contributed by atoms with Crippen molar-refractivity contribution in [2.45, 2.75) is 81.8 Å². The Hall–Kier alpha value is -5.12. The minimum Gasteiger partial charge on any atom is -0.462 e. The Morgan fingerprint density at radius 1 is 0.679 bits per heavy atom. The molecule has 0 radical (unpaired) electrons. The van der Waals surface area contributed by atoms with Crippen molar-refractivity contribution in [3.05, 3.63) is 107 Å². The Morgan fingerprint density at radius 2 is 1.08 bits per heavy atom. The molecule has 0 spiro atoms. The van der Waals surface area contributed by atoms with E-state index < -0.39 is 29.5 Å². The van der Waals surface area contributed by atoms with E-state index in [-0.39, 0.29) is 36.0 Å². The van der Waals surface area contributed by atoms with Crippen LogP contribution in [0.5, 0.6) is 11.5 Å². The molecule has 2 saturated carbocycles. The smallest absolute Gasteiger partial charge is 0.462 e. The van der Waals surface area contributed by atoms with Crippen LogP contribution in [-0.4, -0.2) is 57.6 Å². The standard InChI is InChI=1S/C19H19F3N2O3.C18H18F3N3O2/c1-2-26-17(25)13-11-23-16(24-12-13)10-18(8-5-9-18)14-6-3-4-7-15(14)27-19(20,21)22;19-18(20,21)26-15-5-2-1-4-13(15)17(6-3-7-17)8-16-23-10-12(11-24-16)14(25)9-22/h3-4,6-7,11-12H,2,5,8-10H2,1H3;1-2,4-5,10-11H,3,6-9,22H2. The largest absolute Gasteiger partial charge is 0.573 e. The van der Waals surface area contributed by atoms with Crippen LogP contribution in [0.1, 0.15) is 88.9 Å². The number of Topliss-reactive ketones (excluding diaryl/α,β-unsaturated/α-hetero) is 1. The van der Waals surface area contributed by atoms with Crippen LogP contribution in [-0.2, 0) is 28.4 Å². The number of hydrogen-bond donors (Lipinski definition) is 1. The number of benzene rings is 2. The van der Waals surface area contributed by atoms with E-state index in [9.17, 15) is 35.9 Å². The summed E-state index contributed by atoms with van der Waals surface area (Å²) in [5, 5.41) is 0. The molecule has 6 rings (SSSR count). The second-order valence-electron chi connectivity index (χ2n) is 12.8. The van der Waals surface area contributed by atoms with E-state index in [4.69, 9.17) is 10.5 Å². The molecule has 0 aliphatic heterocycles. The van der Waals surface area contributed by atoms with Crippen molar-refractivity contribution in [2.75, 3.05) is 13.2 Å². The molecule has 2 fully saturated rings. The number of hydrogen-bond acceptors (Lipinski definition) is 10. The Balaban J connectivity index is 0.000000204. The van der Waals surface area contributed by atoms with Crippen molar-refractivity contribution >= 4 is 11.8 Å². The van der Waals surface area contributed by atoms with Crippen LogP contribution in [0.15, 0.2) is 73.3 Å². The molecule has 2 aromatic carbocycles. The van der Waals surface area contributed by atoms with Gasteiger partial charge in [0, 0.05) is 59.6 Å². The van der Waals surface area contributed by atoms with Gasteiger partial charge in [-0.05, 0) is 44.7 Å². The molecule has 53 heavy (non-hydrogen) atoms. The lowest BCUT2D eigenvalue weighted by molar-refractivity contribution is -0.276. The maximum Gasteiger partial charge on any atom is 0.573 e. The molecule has 0 bridgehead atoms. The summed E-state index contributed by atoms with van der Waals surface area (Å²) in [5.41, 5.74) is 5.88. The highest BCUT2D eigenvalue weighted by atomic mass is 19.4. The van der Waals surface area contributed by atoms with E-state index in [0.29, 0.717) is 54.0 Å². The van der Waals surface area contributed by atoms with Crippen molar-refractivity contribution < 1.29 is 50.1 Å². The van der Waals surface area contributed by atoms with Crippen molar-refractivity contribution in [1.82, 2.24) is 19.9 Å². The van der Waals surface area contributed by atoms with Gasteiger partial charge in [0.2, 0.25) is 0 Å². The normalized spacial score (nSPS) is 15.8. The molecule has 10 nitrogen and oxygen atoms in total. The number of carbonyl (C=O) groups is 2. The summed E-state index contributed by atoms with van der Waals surface area (Å²) in [4.78, 5) is 40.0. The fourth-order valence-electron chi connectivity index (χ4n) is 6.61. The number of rotatable bonds is 12. The maximum absolute atomic E-state index is 12.8. The maximum atomic E-state index is 12.8. The van der Waals surface area contributed by atoms with Gasteiger partial charge in [-0.1, -0.05) is 49.2 Å². The molecule has 16 heteroatoms. The Labute approximate surface area is 301 Å². The van der Waals surface area contributed by atoms with E-state index in [1.54, 1.807) is 31.2 Å². The van der Waals surface area contributed by atoms with Crippen LogP contribution in [0, 0.1) is 0 Å². The van der Waals surface area contributed by atoms with Gasteiger partial charge in [-0.3, -0.25) is 4.79 Å². The third kappa shape index (κ3) is 9.86. The first-order valence-electron chi connectivity index (χ1n) is 16.9. The molecule has 282 valence electrons. The van der Waals surface area contributed by atoms with E-state index in [2.05, 4.69) is 29.4 Å². The second-order valence-corrected chi connectivity index (χ2v) is 12.8. The van der Waals surface area contributed by atoms with Gasteiger partial charge in [0.15, 0.2) is 5.78 Å². The highest BCUT2D eigenvalue weighted by Gasteiger charge is 2.44. The summed E-state index contributed by atoms with van der Waals surface area (Å²) < 4.78 is 89.8. The number of ether oxygens (including phenoxy) is 3. The van der Waals surface area contributed by atoms with Gasteiger partial charge >= 0.3 is 18.7 Å². The Morgan fingerprint density at radius 3 is 1.42 bits per heavy atom. The molecular weight excluding hydrogens is 708 g/mol. The molecule has 4 aromatic rings. The number of esters is 1. The lowest BCUT2D eigenvalue weighted by Crippen LogP contribution is -2.38. The summed E-state index contributed by atoms with van der Waals surface area (Å²) in [6.07, 6.45) is 1.50. The van der Waals surface area contributed by atoms with Crippen LogP contribution in [0.2, 0.25) is 0 Å². The molecule has 2 aliphatic rings. The van der Waals surface area contributed by atoms with Gasteiger partial charge in [-0.15, -0.1) is 26.3 Å². The monoisotopic (exact) mass is 745 g/mol. The average Bonchev–Trinajstić information content (AvgIpc) is 3.08. The van der Waals surface area contributed by atoms with Crippen molar-refractivity contribution in [3.63, 3.8) is 0 Å². The van der Waals surface area contributed by atoms with Gasteiger partial charge in [0.1, 0.15) is 23.1 Å². The quantitative estimate of drug-likeness (QED) is 0.0887. The number of nitrogens with two attached hydrogens (primary N) is 1. The highest BCUT2D eigenvalue weighted by molar-refractivity contribution is 5.96. The predicted octanol–water partition coefficient (Wildman–Crippen LogP) is 7.40. The van der Waals surface area contributed by atoms with E-state index in [1.807, 2.05) is 0 Å². The zero-order valence-electron chi connectivity index (χ0n) is 28.7. The molecule has 2 N–H and O–H groups in total. The fourth-order valence-corrected chi connectivity index (χ4v) is 6.61. The van der Waals surface area contributed by atoms with Gasteiger partial charge in [0.25, 0.3) is 0 Å². The van der Waals surface area contributed by atoms with E-state index >= 15 is 0 Å². The summed E-state index contributed by atoms with van der Waals surface area (Å²) in [6, 6.07) is 12.4. The molecule has 2 aromatic heterocycles. The van der Waals surface area contributed by atoms with Crippen LogP contribution >= 0.6 is 0 Å². The number of aromatic nitrogens is 4.